The molecule has 7 heteroatoms. The van der Waals surface area contributed by atoms with Gasteiger partial charge in [0.25, 0.3) is 0 Å². The third-order valence-corrected chi connectivity index (χ3v) is 4.81. The van der Waals surface area contributed by atoms with Crippen molar-refractivity contribution in [1.29, 1.82) is 0 Å². The van der Waals surface area contributed by atoms with Gasteiger partial charge in [-0.25, -0.2) is 8.42 Å². The molecule has 0 aliphatic carbocycles. The first kappa shape index (κ1) is 24.2. The van der Waals surface area contributed by atoms with Gasteiger partial charge in [0.1, 0.15) is 9.84 Å². The molecular formula is C18H32IN3O2S. The zero-order valence-corrected chi connectivity index (χ0v) is 19.0. The summed E-state index contributed by atoms with van der Waals surface area (Å²) in [6, 6.07) is 10.4. The molecule has 0 aromatic heterocycles. The Bertz CT molecular complexity index is 631. The first-order valence-corrected chi connectivity index (χ1v) is 10.5. The summed E-state index contributed by atoms with van der Waals surface area (Å²) in [5.41, 5.74) is 1.18. The van der Waals surface area contributed by atoms with E-state index in [2.05, 4.69) is 36.6 Å². The topological polar surface area (TPSA) is 70.6 Å². The van der Waals surface area contributed by atoms with Crippen LogP contribution in [0.3, 0.4) is 0 Å². The molecule has 25 heavy (non-hydrogen) atoms. The van der Waals surface area contributed by atoms with E-state index in [9.17, 15) is 8.42 Å². The molecule has 0 fully saturated rings. The number of hydrogen-bond donors (Lipinski definition) is 2. The lowest BCUT2D eigenvalue weighted by atomic mass is 9.85. The van der Waals surface area contributed by atoms with Gasteiger partial charge in [0.2, 0.25) is 0 Å². The number of aliphatic imine (C=N–C) groups is 1. The van der Waals surface area contributed by atoms with Crippen molar-refractivity contribution in [2.75, 3.05) is 25.1 Å². The molecule has 2 N–H and O–H groups in total. The highest BCUT2D eigenvalue weighted by Crippen LogP contribution is 2.22. The lowest BCUT2D eigenvalue weighted by Gasteiger charge is -2.24. The molecule has 0 bridgehead atoms. The van der Waals surface area contributed by atoms with Crippen LogP contribution in [0.4, 0.5) is 0 Å². The van der Waals surface area contributed by atoms with Gasteiger partial charge >= 0.3 is 0 Å². The summed E-state index contributed by atoms with van der Waals surface area (Å²) < 4.78 is 22.6. The van der Waals surface area contributed by atoms with Crippen LogP contribution in [0, 0.1) is 0 Å². The fraction of sp³-hybridized carbons (Fsp3) is 0.611. The van der Waals surface area contributed by atoms with Crippen LogP contribution in [-0.2, 0) is 15.3 Å². The molecule has 1 aromatic carbocycles. The van der Waals surface area contributed by atoms with E-state index in [1.165, 1.54) is 11.8 Å². The number of benzene rings is 1. The van der Waals surface area contributed by atoms with Gasteiger partial charge in [-0.3, -0.25) is 4.99 Å². The van der Waals surface area contributed by atoms with Gasteiger partial charge in [0, 0.05) is 24.3 Å². The summed E-state index contributed by atoms with van der Waals surface area (Å²) in [7, 11) is -2.94. The molecule has 0 radical (unpaired) electrons. The highest BCUT2D eigenvalue weighted by molar-refractivity contribution is 14.0. The van der Waals surface area contributed by atoms with Crippen LogP contribution in [0.2, 0.25) is 0 Å². The monoisotopic (exact) mass is 481 g/mol. The highest BCUT2D eigenvalue weighted by Gasteiger charge is 2.20. The van der Waals surface area contributed by atoms with Gasteiger partial charge in [0.15, 0.2) is 5.96 Å². The number of sulfone groups is 1. The molecule has 5 nitrogen and oxygen atoms in total. The van der Waals surface area contributed by atoms with Crippen molar-refractivity contribution in [2.45, 2.75) is 45.6 Å². The van der Waals surface area contributed by atoms with E-state index in [4.69, 9.17) is 4.99 Å². The van der Waals surface area contributed by atoms with E-state index >= 15 is 0 Å². The largest absolute Gasteiger partial charge is 0.357 e. The summed E-state index contributed by atoms with van der Waals surface area (Å²) in [6.07, 6.45) is 1.83. The summed E-state index contributed by atoms with van der Waals surface area (Å²) in [5, 5.41) is 6.51. The van der Waals surface area contributed by atoms with E-state index < -0.39 is 9.84 Å². The van der Waals surface area contributed by atoms with Gasteiger partial charge in [0.05, 0.1) is 12.3 Å². The summed E-state index contributed by atoms with van der Waals surface area (Å²) in [5.74, 6) is 0.901. The van der Waals surface area contributed by atoms with E-state index in [0.29, 0.717) is 13.0 Å². The van der Waals surface area contributed by atoms with Gasteiger partial charge in [-0.05, 0) is 25.8 Å². The first-order valence-electron chi connectivity index (χ1n) is 8.42. The molecule has 1 aromatic rings. The van der Waals surface area contributed by atoms with Crippen LogP contribution in [0.1, 0.15) is 39.7 Å². The number of nitrogens with zero attached hydrogens (tertiary/aromatic N) is 1. The number of rotatable bonds is 8. The minimum Gasteiger partial charge on any atom is -0.357 e. The van der Waals surface area contributed by atoms with E-state index in [1.54, 1.807) is 0 Å². The van der Waals surface area contributed by atoms with Crippen molar-refractivity contribution in [1.82, 2.24) is 10.6 Å². The fourth-order valence-corrected chi connectivity index (χ4v) is 3.06. The van der Waals surface area contributed by atoms with Crippen molar-refractivity contribution < 1.29 is 8.42 Å². The second kappa shape index (κ2) is 11.0. The third-order valence-electron chi connectivity index (χ3n) is 3.84. The van der Waals surface area contributed by atoms with Gasteiger partial charge in [-0.15, -0.1) is 24.0 Å². The highest BCUT2D eigenvalue weighted by atomic mass is 127. The molecular weight excluding hydrogens is 449 g/mol. The molecule has 1 rings (SSSR count). The van der Waals surface area contributed by atoms with E-state index in [1.807, 2.05) is 32.0 Å². The quantitative estimate of drug-likeness (QED) is 0.340. The Morgan fingerprint density at radius 1 is 1.24 bits per heavy atom. The predicted octanol–water partition coefficient (Wildman–Crippen LogP) is 2.96. The molecule has 0 spiro atoms. The minimum absolute atomic E-state index is 0. The molecule has 0 heterocycles. The standard InChI is InChI=1S/C18H31N3O2S.HI/c1-6-19-17(21-15(2)12-13-24(5,22)23)20-14-18(3,4)16-10-8-7-9-11-16;/h7-11,15H,6,12-14H2,1-5H3,(H2,19,20,21);1H. The van der Waals surface area contributed by atoms with Crippen LogP contribution in [0.25, 0.3) is 0 Å². The van der Waals surface area contributed by atoms with Crippen molar-refractivity contribution in [3.05, 3.63) is 35.9 Å². The average Bonchev–Trinajstić information content (AvgIpc) is 2.51. The van der Waals surface area contributed by atoms with Gasteiger partial charge in [-0.2, -0.15) is 0 Å². The summed E-state index contributed by atoms with van der Waals surface area (Å²) >= 11 is 0. The van der Waals surface area contributed by atoms with E-state index in [-0.39, 0.29) is 41.2 Å². The Morgan fingerprint density at radius 2 is 1.84 bits per heavy atom. The van der Waals surface area contributed by atoms with Crippen molar-refractivity contribution in [2.24, 2.45) is 4.99 Å². The van der Waals surface area contributed by atoms with Crippen LogP contribution in [0.15, 0.2) is 35.3 Å². The molecule has 144 valence electrons. The van der Waals surface area contributed by atoms with Crippen LogP contribution >= 0.6 is 24.0 Å². The smallest absolute Gasteiger partial charge is 0.191 e. The maximum absolute atomic E-state index is 11.3. The zero-order valence-electron chi connectivity index (χ0n) is 15.9. The number of guanidine groups is 1. The minimum atomic E-state index is -2.94. The third kappa shape index (κ3) is 10.0. The van der Waals surface area contributed by atoms with Crippen molar-refractivity contribution in [3.8, 4) is 0 Å². The molecule has 0 amide bonds. The maximum Gasteiger partial charge on any atom is 0.191 e. The molecule has 0 saturated heterocycles. The first-order chi connectivity index (χ1) is 11.1. The Labute approximate surface area is 170 Å². The Kier molecular flexibility index (Phi) is 10.6. The molecule has 1 atom stereocenters. The Balaban J connectivity index is 0.00000576. The van der Waals surface area contributed by atoms with Gasteiger partial charge in [-0.1, -0.05) is 44.2 Å². The maximum atomic E-state index is 11.3. The Morgan fingerprint density at radius 3 is 2.36 bits per heavy atom. The molecule has 0 saturated carbocycles. The van der Waals surface area contributed by atoms with Crippen LogP contribution in [-0.4, -0.2) is 45.5 Å². The predicted molar refractivity (Wildman–Crippen MR) is 118 cm³/mol. The normalized spacial score (nSPS) is 13.7. The average molecular weight is 481 g/mol. The van der Waals surface area contributed by atoms with Crippen molar-refractivity contribution in [3.63, 3.8) is 0 Å². The summed E-state index contributed by atoms with van der Waals surface area (Å²) in [4.78, 5) is 4.69. The SMILES string of the molecule is CCNC(=NCC(C)(C)c1ccccc1)NC(C)CCS(C)(=O)=O.I. The Hall–Kier alpha value is -0.830. The number of halogens is 1. The molecule has 0 aliphatic rings. The fourth-order valence-electron chi connectivity index (χ4n) is 2.27. The van der Waals surface area contributed by atoms with Crippen molar-refractivity contribution >= 4 is 39.8 Å². The molecule has 1 unspecified atom stereocenters. The van der Waals surface area contributed by atoms with Gasteiger partial charge < -0.3 is 10.6 Å². The lowest BCUT2D eigenvalue weighted by molar-refractivity contribution is 0.533. The number of hydrogen-bond acceptors (Lipinski definition) is 3. The molecule has 0 aliphatic heterocycles. The zero-order chi connectivity index (χ0) is 18.2. The van der Waals surface area contributed by atoms with E-state index in [0.717, 1.165) is 12.5 Å². The summed E-state index contributed by atoms with van der Waals surface area (Å²) in [6.45, 7) is 9.73. The number of nitrogens with one attached hydrogen (secondary N) is 2. The van der Waals surface area contributed by atoms with Crippen LogP contribution in [0.5, 0.6) is 0 Å². The van der Waals surface area contributed by atoms with Crippen LogP contribution < -0.4 is 10.6 Å². The second-order valence-corrected chi connectivity index (χ2v) is 9.17. The second-order valence-electron chi connectivity index (χ2n) is 6.91. The lowest BCUT2D eigenvalue weighted by Crippen LogP contribution is -2.43.